The van der Waals surface area contributed by atoms with E-state index >= 15 is 0 Å². The van der Waals surface area contributed by atoms with Crippen molar-refractivity contribution in [2.45, 2.75) is 31.9 Å². The second-order valence-electron chi connectivity index (χ2n) is 4.42. The van der Waals surface area contributed by atoms with Gasteiger partial charge < -0.3 is 15.8 Å². The van der Waals surface area contributed by atoms with Crippen molar-refractivity contribution in [3.63, 3.8) is 0 Å². The van der Waals surface area contributed by atoms with E-state index in [2.05, 4.69) is 5.32 Å². The Bertz CT molecular complexity index is 399. The van der Waals surface area contributed by atoms with Gasteiger partial charge in [-0.1, -0.05) is 37.1 Å². The summed E-state index contributed by atoms with van der Waals surface area (Å²) >= 11 is 5.84. The minimum atomic E-state index is -0.451. The fourth-order valence-corrected chi connectivity index (χ4v) is 1.91. The zero-order valence-electron chi connectivity index (χ0n) is 11.8. The topological polar surface area (TPSA) is 64.4 Å². The van der Waals surface area contributed by atoms with Gasteiger partial charge in [-0.3, -0.25) is 4.79 Å². The summed E-state index contributed by atoms with van der Waals surface area (Å²) in [6.45, 7) is 2.40. The van der Waals surface area contributed by atoms with E-state index in [1.165, 1.54) is 0 Å². The second kappa shape index (κ2) is 10.00. The number of amides is 1. The number of nitrogens with one attached hydrogen (secondary N) is 1. The lowest BCUT2D eigenvalue weighted by Crippen LogP contribution is -2.42. The molecular weight excluding hydrogens is 299 g/mol. The number of hydrogen-bond acceptors (Lipinski definition) is 3. The summed E-state index contributed by atoms with van der Waals surface area (Å²) in [5, 5.41) is 3.48. The van der Waals surface area contributed by atoms with E-state index in [1.807, 2.05) is 19.1 Å². The van der Waals surface area contributed by atoms with E-state index in [1.54, 1.807) is 19.2 Å². The fraction of sp³-hybridized carbons (Fsp3) is 0.500. The van der Waals surface area contributed by atoms with Crippen molar-refractivity contribution in [2.24, 2.45) is 5.73 Å². The maximum Gasteiger partial charge on any atom is 0.237 e. The average molecular weight is 321 g/mol. The van der Waals surface area contributed by atoms with Crippen LogP contribution in [0.5, 0.6) is 0 Å². The van der Waals surface area contributed by atoms with Gasteiger partial charge in [-0.2, -0.15) is 0 Å². The Labute approximate surface area is 131 Å². The van der Waals surface area contributed by atoms with Crippen LogP contribution in [-0.4, -0.2) is 25.6 Å². The van der Waals surface area contributed by atoms with E-state index in [-0.39, 0.29) is 24.4 Å². The van der Waals surface area contributed by atoms with E-state index in [9.17, 15) is 4.79 Å². The molecule has 0 aliphatic heterocycles. The Morgan fingerprint density at radius 3 is 2.50 bits per heavy atom. The highest BCUT2D eigenvalue weighted by molar-refractivity contribution is 6.30. The van der Waals surface area contributed by atoms with Crippen LogP contribution in [0.1, 0.15) is 31.4 Å². The van der Waals surface area contributed by atoms with Crippen LogP contribution >= 0.6 is 24.0 Å². The smallest absolute Gasteiger partial charge is 0.237 e. The standard InChI is InChI=1S/C14H21ClN2O2.ClH/c1-3-4-12(16)14(18)17-9-13(19-2)10-5-7-11(15)8-6-10;/h5-8,12-13H,3-4,9,16H2,1-2H3,(H,17,18);1H. The lowest BCUT2D eigenvalue weighted by molar-refractivity contribution is -0.123. The molecule has 6 heteroatoms. The third kappa shape index (κ3) is 6.09. The number of hydrogen-bond donors (Lipinski definition) is 2. The summed E-state index contributed by atoms with van der Waals surface area (Å²) in [5.41, 5.74) is 6.71. The van der Waals surface area contributed by atoms with Gasteiger partial charge in [0.25, 0.3) is 0 Å². The van der Waals surface area contributed by atoms with Gasteiger partial charge in [-0.25, -0.2) is 0 Å². The molecule has 1 aromatic carbocycles. The van der Waals surface area contributed by atoms with Gasteiger partial charge in [0, 0.05) is 18.7 Å². The van der Waals surface area contributed by atoms with Crippen molar-refractivity contribution < 1.29 is 9.53 Å². The van der Waals surface area contributed by atoms with Crippen LogP contribution in [0.2, 0.25) is 5.02 Å². The predicted octanol–water partition coefficient (Wildman–Crippen LogP) is 2.69. The summed E-state index contributed by atoms with van der Waals surface area (Å²) in [5.74, 6) is -0.141. The van der Waals surface area contributed by atoms with Crippen LogP contribution in [0.15, 0.2) is 24.3 Å². The zero-order chi connectivity index (χ0) is 14.3. The highest BCUT2D eigenvalue weighted by atomic mass is 35.5. The molecule has 0 aromatic heterocycles. The summed E-state index contributed by atoms with van der Waals surface area (Å²) in [6.07, 6.45) is 1.37. The highest BCUT2D eigenvalue weighted by Gasteiger charge is 2.15. The largest absolute Gasteiger partial charge is 0.375 e. The Morgan fingerprint density at radius 1 is 1.40 bits per heavy atom. The molecule has 20 heavy (non-hydrogen) atoms. The zero-order valence-corrected chi connectivity index (χ0v) is 13.3. The maximum absolute atomic E-state index is 11.7. The van der Waals surface area contributed by atoms with Gasteiger partial charge in [0.2, 0.25) is 5.91 Å². The molecule has 0 fully saturated rings. The summed E-state index contributed by atoms with van der Waals surface area (Å²) in [7, 11) is 1.61. The number of halogens is 2. The first kappa shape index (κ1) is 19.2. The number of rotatable bonds is 7. The monoisotopic (exact) mass is 320 g/mol. The molecule has 4 nitrogen and oxygen atoms in total. The van der Waals surface area contributed by atoms with Gasteiger partial charge in [-0.05, 0) is 24.1 Å². The van der Waals surface area contributed by atoms with E-state index in [4.69, 9.17) is 22.1 Å². The first-order valence-electron chi connectivity index (χ1n) is 6.40. The molecule has 0 aliphatic carbocycles. The summed E-state index contributed by atoms with van der Waals surface area (Å²) in [4.78, 5) is 11.7. The number of carbonyl (C=O) groups is 1. The molecule has 1 rings (SSSR count). The summed E-state index contributed by atoms with van der Waals surface area (Å²) in [6, 6.07) is 6.91. The third-order valence-corrected chi connectivity index (χ3v) is 3.18. The number of carbonyl (C=O) groups excluding carboxylic acids is 1. The van der Waals surface area contributed by atoms with Gasteiger partial charge in [0.05, 0.1) is 12.1 Å². The molecule has 1 aromatic rings. The van der Waals surface area contributed by atoms with Crippen LogP contribution in [-0.2, 0) is 9.53 Å². The van der Waals surface area contributed by atoms with Crippen molar-refractivity contribution in [1.29, 1.82) is 0 Å². The Kier molecular flexibility index (Phi) is 9.59. The number of ether oxygens (including phenoxy) is 1. The Balaban J connectivity index is 0.00000361. The van der Waals surface area contributed by atoms with Crippen LogP contribution < -0.4 is 11.1 Å². The predicted molar refractivity (Wildman–Crippen MR) is 84.3 cm³/mol. The molecule has 114 valence electrons. The normalized spacial score (nSPS) is 13.2. The Morgan fingerprint density at radius 2 is 2.00 bits per heavy atom. The van der Waals surface area contributed by atoms with Gasteiger partial charge >= 0.3 is 0 Å². The van der Waals surface area contributed by atoms with Crippen LogP contribution in [0.25, 0.3) is 0 Å². The van der Waals surface area contributed by atoms with E-state index < -0.39 is 6.04 Å². The third-order valence-electron chi connectivity index (χ3n) is 2.92. The molecule has 0 heterocycles. The number of benzene rings is 1. The average Bonchev–Trinajstić information content (AvgIpc) is 2.41. The number of nitrogens with two attached hydrogens (primary N) is 1. The molecule has 0 spiro atoms. The van der Waals surface area contributed by atoms with Crippen LogP contribution in [0.3, 0.4) is 0 Å². The molecule has 0 bridgehead atoms. The van der Waals surface area contributed by atoms with E-state index in [0.717, 1.165) is 12.0 Å². The minimum Gasteiger partial charge on any atom is -0.375 e. The maximum atomic E-state index is 11.7. The molecule has 0 saturated carbocycles. The Hall–Kier alpha value is -0.810. The lowest BCUT2D eigenvalue weighted by atomic mass is 10.1. The molecule has 0 aliphatic rings. The van der Waals surface area contributed by atoms with Crippen LogP contribution in [0.4, 0.5) is 0 Å². The molecule has 1 amide bonds. The molecule has 2 unspecified atom stereocenters. The van der Waals surface area contributed by atoms with Gasteiger partial charge in [0.1, 0.15) is 0 Å². The van der Waals surface area contributed by atoms with E-state index in [0.29, 0.717) is 18.0 Å². The first-order valence-corrected chi connectivity index (χ1v) is 6.77. The first-order chi connectivity index (χ1) is 9.08. The van der Waals surface area contributed by atoms with Crippen LogP contribution in [0, 0.1) is 0 Å². The molecule has 0 saturated heterocycles. The minimum absolute atomic E-state index is 0. The SMILES string of the molecule is CCCC(N)C(=O)NCC(OC)c1ccc(Cl)cc1.Cl. The lowest BCUT2D eigenvalue weighted by Gasteiger charge is -2.18. The highest BCUT2D eigenvalue weighted by Crippen LogP contribution is 2.18. The summed E-state index contributed by atoms with van der Waals surface area (Å²) < 4.78 is 5.37. The van der Waals surface area contributed by atoms with Gasteiger partial charge in [0.15, 0.2) is 0 Å². The quantitative estimate of drug-likeness (QED) is 0.811. The molecule has 3 N–H and O–H groups in total. The fourth-order valence-electron chi connectivity index (χ4n) is 1.78. The molecular formula is C14H22Cl2N2O2. The number of methoxy groups -OCH3 is 1. The second-order valence-corrected chi connectivity index (χ2v) is 4.85. The van der Waals surface area contributed by atoms with Crippen molar-refractivity contribution in [2.75, 3.05) is 13.7 Å². The van der Waals surface area contributed by atoms with Crippen molar-refractivity contribution in [1.82, 2.24) is 5.32 Å². The molecule has 2 atom stereocenters. The van der Waals surface area contributed by atoms with Crippen molar-refractivity contribution in [3.05, 3.63) is 34.9 Å². The van der Waals surface area contributed by atoms with Crippen molar-refractivity contribution in [3.8, 4) is 0 Å². The van der Waals surface area contributed by atoms with Crippen molar-refractivity contribution >= 4 is 29.9 Å². The molecule has 0 radical (unpaired) electrons. The van der Waals surface area contributed by atoms with Gasteiger partial charge in [-0.15, -0.1) is 12.4 Å².